The third-order valence-corrected chi connectivity index (χ3v) is 3.86. The van der Waals surface area contributed by atoms with E-state index in [9.17, 15) is 14.0 Å². The average molecular weight is 331 g/mol. The van der Waals surface area contributed by atoms with Crippen molar-refractivity contribution >= 4 is 17.6 Å². The number of benzene rings is 1. The van der Waals surface area contributed by atoms with E-state index < -0.39 is 5.91 Å². The number of carbonyl (C=O) groups excluding carboxylic acids is 2. The number of urea groups is 1. The Hall–Kier alpha value is -2.90. The van der Waals surface area contributed by atoms with Crippen LogP contribution in [0.25, 0.3) is 0 Å². The number of amides is 3. The van der Waals surface area contributed by atoms with Crippen molar-refractivity contribution in [3.63, 3.8) is 0 Å². The number of primary amides is 1. The highest BCUT2D eigenvalue weighted by molar-refractivity contribution is 5.89. The Morgan fingerprint density at radius 3 is 2.79 bits per heavy atom. The van der Waals surface area contributed by atoms with Gasteiger partial charge in [0.15, 0.2) is 0 Å². The fraction of sp³-hybridized carbons (Fsp3) is 0.312. The minimum absolute atomic E-state index is 0.0154. The van der Waals surface area contributed by atoms with Crippen molar-refractivity contribution < 1.29 is 14.0 Å². The molecular weight excluding hydrogens is 313 g/mol. The molecule has 0 saturated heterocycles. The number of nitrogens with two attached hydrogens (primary N) is 1. The van der Waals surface area contributed by atoms with Crippen molar-refractivity contribution in [3.8, 4) is 0 Å². The highest BCUT2D eigenvalue weighted by atomic mass is 19.1. The quantitative estimate of drug-likeness (QED) is 0.794. The maximum Gasteiger partial charge on any atom is 0.319 e. The smallest absolute Gasteiger partial charge is 0.319 e. The van der Waals surface area contributed by atoms with Crippen molar-refractivity contribution in [2.75, 3.05) is 5.32 Å². The Balaban J connectivity index is 1.67. The molecule has 1 aliphatic rings. The van der Waals surface area contributed by atoms with Gasteiger partial charge < -0.3 is 16.4 Å². The number of halogens is 1. The first-order valence-electron chi connectivity index (χ1n) is 7.69. The van der Waals surface area contributed by atoms with Gasteiger partial charge in [-0.25, -0.2) is 9.18 Å². The van der Waals surface area contributed by atoms with E-state index in [4.69, 9.17) is 5.73 Å². The molecule has 0 fully saturated rings. The molecule has 1 aromatic carbocycles. The normalized spacial score (nSPS) is 16.3. The number of hydrogen-bond acceptors (Lipinski definition) is 3. The zero-order valence-electron chi connectivity index (χ0n) is 13.0. The lowest BCUT2D eigenvalue weighted by atomic mass is 9.94. The molecule has 1 unspecified atom stereocenters. The summed E-state index contributed by atoms with van der Waals surface area (Å²) in [4.78, 5) is 23.2. The predicted molar refractivity (Wildman–Crippen MR) is 85.7 cm³/mol. The molecule has 24 heavy (non-hydrogen) atoms. The Labute approximate surface area is 138 Å². The van der Waals surface area contributed by atoms with Gasteiger partial charge in [-0.15, -0.1) is 0 Å². The summed E-state index contributed by atoms with van der Waals surface area (Å²) in [6.07, 6.45) is 4.33. The van der Waals surface area contributed by atoms with Gasteiger partial charge in [0.2, 0.25) is 5.91 Å². The first kappa shape index (κ1) is 16.0. The lowest BCUT2D eigenvalue weighted by Crippen LogP contribution is -2.34. The number of anilines is 1. The average Bonchev–Trinajstić information content (AvgIpc) is 2.92. The Kier molecular flexibility index (Phi) is 4.45. The molecule has 4 N–H and O–H groups in total. The molecule has 2 aromatic rings. The topological polar surface area (TPSA) is 102 Å². The summed E-state index contributed by atoms with van der Waals surface area (Å²) in [5.74, 6) is -0.828. The Bertz CT molecular complexity index is 756. The van der Waals surface area contributed by atoms with Crippen LogP contribution in [-0.2, 0) is 17.8 Å². The molecular formula is C16H18FN5O2. The molecule has 1 aliphatic carbocycles. The van der Waals surface area contributed by atoms with Crippen LogP contribution in [-0.4, -0.2) is 21.7 Å². The van der Waals surface area contributed by atoms with Crippen LogP contribution in [0.2, 0.25) is 0 Å². The summed E-state index contributed by atoms with van der Waals surface area (Å²) in [6, 6.07) is 4.91. The largest absolute Gasteiger partial charge is 0.368 e. The highest BCUT2D eigenvalue weighted by Gasteiger charge is 2.25. The molecule has 1 heterocycles. The molecule has 0 aliphatic heterocycles. The maximum atomic E-state index is 12.9. The van der Waals surface area contributed by atoms with Crippen molar-refractivity contribution in [1.29, 1.82) is 0 Å². The molecule has 0 saturated carbocycles. The molecule has 0 radical (unpaired) electrons. The summed E-state index contributed by atoms with van der Waals surface area (Å²) < 4.78 is 14.4. The van der Waals surface area contributed by atoms with Crippen LogP contribution in [0.15, 0.2) is 30.5 Å². The highest BCUT2D eigenvalue weighted by Crippen LogP contribution is 2.28. The fourth-order valence-electron chi connectivity index (χ4n) is 2.84. The van der Waals surface area contributed by atoms with Gasteiger partial charge in [-0.2, -0.15) is 5.10 Å². The van der Waals surface area contributed by atoms with Crippen LogP contribution in [0.1, 0.15) is 30.1 Å². The Morgan fingerprint density at radius 2 is 2.08 bits per heavy atom. The van der Waals surface area contributed by atoms with Gasteiger partial charge in [0.25, 0.3) is 0 Å². The first-order chi connectivity index (χ1) is 11.5. The predicted octanol–water partition coefficient (Wildman–Crippen LogP) is 1.71. The van der Waals surface area contributed by atoms with E-state index in [-0.39, 0.29) is 24.4 Å². The lowest BCUT2D eigenvalue weighted by Gasteiger charge is -2.22. The van der Waals surface area contributed by atoms with E-state index >= 15 is 0 Å². The van der Waals surface area contributed by atoms with Crippen LogP contribution >= 0.6 is 0 Å². The van der Waals surface area contributed by atoms with E-state index in [1.807, 2.05) is 0 Å². The first-order valence-corrected chi connectivity index (χ1v) is 7.69. The third-order valence-electron chi connectivity index (χ3n) is 3.86. The standard InChI is InChI=1S/C16H18FN5O2/c17-11-4-6-12(7-5-11)19-16(24)20-13-3-1-2-10-8-22(9-14(18)23)21-15(10)13/h4-8,13H,1-3,9H2,(H2,18,23)(H2,19,20,24). The second-order valence-corrected chi connectivity index (χ2v) is 5.75. The number of nitrogens with zero attached hydrogens (tertiary/aromatic N) is 2. The van der Waals surface area contributed by atoms with Gasteiger partial charge in [0.05, 0.1) is 11.7 Å². The molecule has 0 bridgehead atoms. The summed E-state index contributed by atoms with van der Waals surface area (Å²) >= 11 is 0. The molecule has 126 valence electrons. The van der Waals surface area contributed by atoms with Gasteiger partial charge in [0.1, 0.15) is 12.4 Å². The summed E-state index contributed by atoms with van der Waals surface area (Å²) in [5, 5.41) is 9.90. The van der Waals surface area contributed by atoms with Crippen LogP contribution in [0.4, 0.5) is 14.9 Å². The zero-order chi connectivity index (χ0) is 17.1. The fourth-order valence-corrected chi connectivity index (χ4v) is 2.84. The van der Waals surface area contributed by atoms with Crippen molar-refractivity contribution in [2.24, 2.45) is 5.73 Å². The van der Waals surface area contributed by atoms with E-state index in [1.54, 1.807) is 6.20 Å². The molecule has 1 atom stereocenters. The second-order valence-electron chi connectivity index (χ2n) is 5.75. The number of aryl methyl sites for hydroxylation is 1. The number of aromatic nitrogens is 2. The van der Waals surface area contributed by atoms with Crippen molar-refractivity contribution in [1.82, 2.24) is 15.1 Å². The monoisotopic (exact) mass is 331 g/mol. The molecule has 8 heteroatoms. The van der Waals surface area contributed by atoms with Crippen LogP contribution in [0.5, 0.6) is 0 Å². The molecule has 0 spiro atoms. The summed E-state index contributed by atoms with van der Waals surface area (Å²) in [6.45, 7) is 0.0154. The number of nitrogens with one attached hydrogen (secondary N) is 2. The molecule has 3 amide bonds. The Morgan fingerprint density at radius 1 is 1.33 bits per heavy atom. The number of hydrogen-bond donors (Lipinski definition) is 3. The van der Waals surface area contributed by atoms with E-state index in [0.29, 0.717) is 5.69 Å². The van der Waals surface area contributed by atoms with Crippen LogP contribution in [0.3, 0.4) is 0 Å². The van der Waals surface area contributed by atoms with Crippen LogP contribution in [0, 0.1) is 5.82 Å². The van der Waals surface area contributed by atoms with Gasteiger partial charge in [-0.05, 0) is 49.1 Å². The number of fused-ring (bicyclic) bond motifs is 1. The van der Waals surface area contributed by atoms with Crippen LogP contribution < -0.4 is 16.4 Å². The van der Waals surface area contributed by atoms with Gasteiger partial charge >= 0.3 is 6.03 Å². The van der Waals surface area contributed by atoms with E-state index in [0.717, 1.165) is 30.5 Å². The van der Waals surface area contributed by atoms with Crippen molar-refractivity contribution in [3.05, 3.63) is 47.5 Å². The minimum Gasteiger partial charge on any atom is -0.368 e. The van der Waals surface area contributed by atoms with Gasteiger partial charge in [-0.3, -0.25) is 9.48 Å². The molecule has 3 rings (SSSR count). The molecule has 1 aromatic heterocycles. The number of rotatable bonds is 4. The van der Waals surface area contributed by atoms with E-state index in [2.05, 4.69) is 15.7 Å². The summed E-state index contributed by atoms with van der Waals surface area (Å²) in [5.41, 5.74) is 7.46. The third kappa shape index (κ3) is 3.70. The maximum absolute atomic E-state index is 12.9. The number of carbonyl (C=O) groups is 2. The lowest BCUT2D eigenvalue weighted by molar-refractivity contribution is -0.118. The SMILES string of the molecule is NC(=O)Cn1cc2c(n1)C(NC(=O)Nc1ccc(F)cc1)CCC2. The van der Waals surface area contributed by atoms with Gasteiger partial charge in [0, 0.05) is 11.9 Å². The summed E-state index contributed by atoms with van der Waals surface area (Å²) in [7, 11) is 0. The molecule has 7 nitrogen and oxygen atoms in total. The van der Waals surface area contributed by atoms with E-state index in [1.165, 1.54) is 28.9 Å². The second kappa shape index (κ2) is 6.69. The van der Waals surface area contributed by atoms with Gasteiger partial charge in [-0.1, -0.05) is 0 Å². The van der Waals surface area contributed by atoms with Crippen molar-refractivity contribution in [2.45, 2.75) is 31.8 Å². The zero-order valence-corrected chi connectivity index (χ0v) is 13.0. The minimum atomic E-state index is -0.464.